The number of hydrogen-bond acceptors (Lipinski definition) is 4. The summed E-state index contributed by atoms with van der Waals surface area (Å²) in [6.07, 6.45) is -0.234. The maximum absolute atomic E-state index is 11.3. The molecule has 92 valence electrons. The van der Waals surface area contributed by atoms with E-state index in [-0.39, 0.29) is 11.3 Å². The molecule has 17 heavy (non-hydrogen) atoms. The molecule has 1 aromatic carbocycles. The summed E-state index contributed by atoms with van der Waals surface area (Å²) in [6, 6.07) is 6.81. The second kappa shape index (κ2) is 6.47. The molecule has 0 bridgehead atoms. The maximum Gasteiger partial charge on any atom is 0.370 e. The van der Waals surface area contributed by atoms with Crippen LogP contribution in [-0.4, -0.2) is 17.2 Å². The van der Waals surface area contributed by atoms with Crippen LogP contribution in [0, 0.1) is 0 Å². The minimum atomic E-state index is -0.664. The Labute approximate surface area is 110 Å². The fourth-order valence-corrected chi connectivity index (χ4v) is 1.16. The van der Waals surface area contributed by atoms with Gasteiger partial charge in [0.2, 0.25) is 5.17 Å². The summed E-state index contributed by atoms with van der Waals surface area (Å²) in [7, 11) is 0. The number of nitrogens with zero attached hydrogens (tertiary/aromatic N) is 1. The van der Waals surface area contributed by atoms with Gasteiger partial charge < -0.3 is 4.74 Å². The number of halogens is 2. The third kappa shape index (κ3) is 5.06. The number of hydrogen-bond donors (Lipinski definition) is 1. The van der Waals surface area contributed by atoms with E-state index in [1.165, 1.54) is 0 Å². The monoisotopic (exact) mass is 274 g/mol. The van der Waals surface area contributed by atoms with Crippen molar-refractivity contribution >= 4 is 40.0 Å². The van der Waals surface area contributed by atoms with Crippen molar-refractivity contribution in [1.82, 2.24) is 0 Å². The van der Waals surface area contributed by atoms with Gasteiger partial charge in [-0.25, -0.2) is 4.79 Å². The highest BCUT2D eigenvalue weighted by Gasteiger charge is 2.11. The van der Waals surface area contributed by atoms with E-state index in [1.807, 2.05) is 0 Å². The van der Waals surface area contributed by atoms with Crippen LogP contribution < -0.4 is 5.43 Å². The molecule has 0 amide bonds. The Morgan fingerprint density at radius 3 is 2.47 bits per heavy atom. The van der Waals surface area contributed by atoms with Gasteiger partial charge in [0.1, 0.15) is 0 Å². The lowest BCUT2D eigenvalue weighted by Crippen LogP contribution is -2.18. The summed E-state index contributed by atoms with van der Waals surface area (Å²) in [5.74, 6) is -0.664. The molecule has 1 rings (SSSR count). The third-order valence-corrected chi connectivity index (χ3v) is 2.13. The second-order valence-corrected chi connectivity index (χ2v) is 4.27. The van der Waals surface area contributed by atoms with Crippen LogP contribution in [0.5, 0.6) is 0 Å². The average Bonchev–Trinajstić information content (AvgIpc) is 2.27. The highest BCUT2D eigenvalue weighted by Crippen LogP contribution is 2.13. The predicted molar refractivity (Wildman–Crippen MR) is 69.6 cm³/mol. The van der Waals surface area contributed by atoms with E-state index in [4.69, 9.17) is 27.9 Å². The zero-order chi connectivity index (χ0) is 12.8. The number of esters is 1. The highest BCUT2D eigenvalue weighted by molar-refractivity contribution is 6.82. The standard InChI is InChI=1S/C11H12Cl2N2O2/c1-7(2)17-11(16)10(13)15-14-9-5-3-8(12)4-6-9/h3-7,14H,1-2H3/b15-10+. The molecule has 4 nitrogen and oxygen atoms in total. The Kier molecular flexibility index (Phi) is 5.25. The van der Waals surface area contributed by atoms with Crippen LogP contribution in [0.2, 0.25) is 5.02 Å². The zero-order valence-electron chi connectivity index (χ0n) is 9.41. The molecule has 1 N–H and O–H groups in total. The van der Waals surface area contributed by atoms with Gasteiger partial charge in [0, 0.05) is 5.02 Å². The number of hydrazone groups is 1. The molecule has 0 aliphatic rings. The Balaban J connectivity index is 2.58. The summed E-state index contributed by atoms with van der Waals surface area (Å²) in [5.41, 5.74) is 3.29. The SMILES string of the molecule is CC(C)OC(=O)/C(Cl)=N\Nc1ccc(Cl)cc1. The highest BCUT2D eigenvalue weighted by atomic mass is 35.5. The van der Waals surface area contributed by atoms with Crippen LogP contribution in [0.4, 0.5) is 5.69 Å². The fourth-order valence-electron chi connectivity index (χ4n) is 0.946. The van der Waals surface area contributed by atoms with Crippen molar-refractivity contribution in [2.24, 2.45) is 5.10 Å². The van der Waals surface area contributed by atoms with E-state index in [0.29, 0.717) is 10.7 Å². The summed E-state index contributed by atoms with van der Waals surface area (Å²) >= 11 is 11.4. The largest absolute Gasteiger partial charge is 0.458 e. The first kappa shape index (κ1) is 13.8. The topological polar surface area (TPSA) is 50.7 Å². The van der Waals surface area contributed by atoms with Gasteiger partial charge >= 0.3 is 5.97 Å². The minimum absolute atomic E-state index is 0.234. The van der Waals surface area contributed by atoms with Crippen LogP contribution in [0.3, 0.4) is 0 Å². The van der Waals surface area contributed by atoms with Gasteiger partial charge in [-0.15, -0.1) is 0 Å². The quantitative estimate of drug-likeness (QED) is 0.521. The number of rotatable bonds is 4. The van der Waals surface area contributed by atoms with Crippen molar-refractivity contribution in [3.8, 4) is 0 Å². The number of ether oxygens (including phenoxy) is 1. The van der Waals surface area contributed by atoms with Crippen molar-refractivity contribution < 1.29 is 9.53 Å². The van der Waals surface area contributed by atoms with Crippen LogP contribution >= 0.6 is 23.2 Å². The maximum atomic E-state index is 11.3. The molecule has 0 heterocycles. The Hall–Kier alpha value is -1.26. The summed E-state index contributed by atoms with van der Waals surface area (Å²) in [6.45, 7) is 3.46. The Morgan fingerprint density at radius 1 is 1.35 bits per heavy atom. The first-order chi connectivity index (χ1) is 7.99. The lowest BCUT2D eigenvalue weighted by molar-refractivity contribution is -0.138. The van der Waals surface area contributed by atoms with E-state index >= 15 is 0 Å². The molecule has 0 spiro atoms. The number of carbonyl (C=O) groups excluding carboxylic acids is 1. The molecular weight excluding hydrogens is 263 g/mol. The molecule has 6 heteroatoms. The van der Waals surface area contributed by atoms with E-state index in [0.717, 1.165) is 0 Å². The lowest BCUT2D eigenvalue weighted by Gasteiger charge is -2.06. The van der Waals surface area contributed by atoms with Crippen LogP contribution in [-0.2, 0) is 9.53 Å². The van der Waals surface area contributed by atoms with Crippen molar-refractivity contribution in [1.29, 1.82) is 0 Å². The van der Waals surface area contributed by atoms with Gasteiger partial charge in [-0.2, -0.15) is 5.10 Å². The first-order valence-corrected chi connectivity index (χ1v) is 5.70. The summed E-state index contributed by atoms with van der Waals surface area (Å²) < 4.78 is 4.86. The van der Waals surface area contributed by atoms with Gasteiger partial charge in [0.15, 0.2) is 0 Å². The molecule has 0 aliphatic carbocycles. The molecule has 0 saturated carbocycles. The first-order valence-electron chi connectivity index (χ1n) is 4.95. The van der Waals surface area contributed by atoms with Crippen molar-refractivity contribution in [3.63, 3.8) is 0 Å². The number of carbonyl (C=O) groups is 1. The van der Waals surface area contributed by atoms with Crippen LogP contribution in [0.15, 0.2) is 29.4 Å². The number of benzene rings is 1. The summed E-state index contributed by atoms with van der Waals surface area (Å²) in [5, 5.41) is 4.05. The van der Waals surface area contributed by atoms with E-state index in [1.54, 1.807) is 38.1 Å². The van der Waals surface area contributed by atoms with Crippen LogP contribution in [0.25, 0.3) is 0 Å². The van der Waals surface area contributed by atoms with Gasteiger partial charge in [-0.1, -0.05) is 23.2 Å². The molecule has 0 aromatic heterocycles. The molecule has 0 atom stereocenters. The van der Waals surface area contributed by atoms with E-state index in [9.17, 15) is 4.79 Å². The normalized spacial score (nSPS) is 11.5. The Bertz CT molecular complexity index is 416. The van der Waals surface area contributed by atoms with Crippen molar-refractivity contribution in [3.05, 3.63) is 29.3 Å². The van der Waals surface area contributed by atoms with Gasteiger partial charge in [0.25, 0.3) is 0 Å². The predicted octanol–water partition coefficient (Wildman–Crippen LogP) is 3.26. The zero-order valence-corrected chi connectivity index (χ0v) is 10.9. The van der Waals surface area contributed by atoms with Gasteiger partial charge in [0.05, 0.1) is 11.8 Å². The molecule has 0 saturated heterocycles. The molecule has 0 fully saturated rings. The molecule has 0 aliphatic heterocycles. The molecule has 0 unspecified atom stereocenters. The second-order valence-electron chi connectivity index (χ2n) is 3.48. The molecule has 1 aromatic rings. The minimum Gasteiger partial charge on any atom is -0.458 e. The Morgan fingerprint density at radius 2 is 1.94 bits per heavy atom. The molecule has 0 radical (unpaired) electrons. The van der Waals surface area contributed by atoms with Crippen molar-refractivity contribution in [2.45, 2.75) is 20.0 Å². The average molecular weight is 275 g/mol. The third-order valence-electron chi connectivity index (χ3n) is 1.64. The number of anilines is 1. The van der Waals surface area contributed by atoms with Crippen molar-refractivity contribution in [2.75, 3.05) is 5.43 Å². The summed E-state index contributed by atoms with van der Waals surface area (Å²) in [4.78, 5) is 11.3. The smallest absolute Gasteiger partial charge is 0.370 e. The number of nitrogens with one attached hydrogen (secondary N) is 1. The fraction of sp³-hybridized carbons (Fsp3) is 0.273. The van der Waals surface area contributed by atoms with E-state index < -0.39 is 5.97 Å². The molecular formula is C11H12Cl2N2O2. The van der Waals surface area contributed by atoms with Gasteiger partial charge in [-0.05, 0) is 38.1 Å². The van der Waals surface area contributed by atoms with Crippen LogP contribution in [0.1, 0.15) is 13.8 Å². The van der Waals surface area contributed by atoms with Gasteiger partial charge in [-0.3, -0.25) is 5.43 Å². The van der Waals surface area contributed by atoms with E-state index in [2.05, 4.69) is 10.5 Å². The lowest BCUT2D eigenvalue weighted by atomic mass is 10.3.